The van der Waals surface area contributed by atoms with Crippen molar-refractivity contribution in [3.8, 4) is 0 Å². The van der Waals surface area contributed by atoms with Crippen molar-refractivity contribution in [3.05, 3.63) is 58.6 Å². The van der Waals surface area contributed by atoms with Crippen molar-refractivity contribution in [2.24, 2.45) is 5.92 Å². The highest BCUT2D eigenvalue weighted by Gasteiger charge is 2.33. The third kappa shape index (κ3) is 4.60. The van der Waals surface area contributed by atoms with E-state index in [0.29, 0.717) is 17.9 Å². The van der Waals surface area contributed by atoms with Gasteiger partial charge in [-0.15, -0.1) is 0 Å². The van der Waals surface area contributed by atoms with Crippen molar-refractivity contribution in [1.29, 1.82) is 0 Å². The summed E-state index contributed by atoms with van der Waals surface area (Å²) in [7, 11) is -1.98. The SMILES string of the molecule is CN(NC(=O)C1CCN(S(=O)(=O)c2cc(Cl)ccc2Cl)CC1)c1ccccc1. The number of nitrogens with zero attached hydrogens (tertiary/aromatic N) is 2. The number of hydrogen-bond donors (Lipinski definition) is 1. The Morgan fingerprint density at radius 2 is 1.75 bits per heavy atom. The minimum atomic E-state index is -3.76. The van der Waals surface area contributed by atoms with Crippen LogP contribution < -0.4 is 10.4 Å². The average molecular weight is 442 g/mol. The number of carbonyl (C=O) groups excluding carboxylic acids is 1. The second-order valence-corrected chi connectivity index (χ2v) is 9.37. The van der Waals surface area contributed by atoms with Crippen LogP contribution in [0.5, 0.6) is 0 Å². The summed E-state index contributed by atoms with van der Waals surface area (Å²) >= 11 is 12.0. The lowest BCUT2D eigenvalue weighted by Gasteiger charge is -2.32. The van der Waals surface area contributed by atoms with E-state index >= 15 is 0 Å². The predicted molar refractivity (Wildman–Crippen MR) is 111 cm³/mol. The van der Waals surface area contributed by atoms with Crippen molar-refractivity contribution < 1.29 is 13.2 Å². The standard InChI is InChI=1S/C19H21Cl2N3O3S/c1-23(16-5-3-2-4-6-16)22-19(25)14-9-11-24(12-10-14)28(26,27)18-13-15(20)7-8-17(18)21/h2-8,13-14H,9-12H2,1H3,(H,22,25). The predicted octanol–water partition coefficient (Wildman–Crippen LogP) is 3.56. The molecule has 1 amide bonds. The minimum Gasteiger partial charge on any atom is -0.289 e. The third-order valence-electron chi connectivity index (χ3n) is 4.76. The van der Waals surface area contributed by atoms with E-state index in [4.69, 9.17) is 23.2 Å². The smallest absolute Gasteiger partial charge is 0.244 e. The molecule has 1 fully saturated rings. The Kier molecular flexibility index (Phi) is 6.50. The zero-order valence-corrected chi connectivity index (χ0v) is 17.6. The van der Waals surface area contributed by atoms with Crippen molar-refractivity contribution in [2.45, 2.75) is 17.7 Å². The van der Waals surface area contributed by atoms with Gasteiger partial charge in [-0.05, 0) is 43.2 Å². The number of anilines is 1. The molecule has 1 heterocycles. The first kappa shape index (κ1) is 20.9. The number of piperidine rings is 1. The first-order chi connectivity index (χ1) is 13.3. The highest BCUT2D eigenvalue weighted by Crippen LogP contribution is 2.30. The molecule has 2 aromatic carbocycles. The Labute approximate surface area is 175 Å². The lowest BCUT2D eigenvalue weighted by atomic mass is 9.97. The molecule has 1 aliphatic heterocycles. The van der Waals surface area contributed by atoms with Crippen LogP contribution in [0.15, 0.2) is 53.4 Å². The summed E-state index contributed by atoms with van der Waals surface area (Å²) in [6.07, 6.45) is 0.873. The first-order valence-corrected chi connectivity index (χ1v) is 11.0. The molecule has 9 heteroatoms. The summed E-state index contributed by atoms with van der Waals surface area (Å²) in [6.45, 7) is 0.497. The van der Waals surface area contributed by atoms with Crippen LogP contribution in [0.2, 0.25) is 10.0 Å². The van der Waals surface area contributed by atoms with Gasteiger partial charge in [0.2, 0.25) is 15.9 Å². The molecule has 0 aromatic heterocycles. The highest BCUT2D eigenvalue weighted by atomic mass is 35.5. The summed E-state index contributed by atoms with van der Waals surface area (Å²) in [5, 5.41) is 2.10. The van der Waals surface area contributed by atoms with Crippen molar-refractivity contribution in [2.75, 3.05) is 25.1 Å². The van der Waals surface area contributed by atoms with Gasteiger partial charge in [-0.1, -0.05) is 41.4 Å². The molecule has 1 aliphatic rings. The first-order valence-electron chi connectivity index (χ1n) is 8.83. The topological polar surface area (TPSA) is 69.7 Å². The van der Waals surface area contributed by atoms with Gasteiger partial charge in [-0.3, -0.25) is 15.2 Å². The van der Waals surface area contributed by atoms with Crippen LogP contribution in [0.25, 0.3) is 0 Å². The Balaban J connectivity index is 1.62. The lowest BCUT2D eigenvalue weighted by Crippen LogP contribution is -2.47. The normalized spacial score (nSPS) is 16.0. The molecule has 1 saturated heterocycles. The molecule has 28 heavy (non-hydrogen) atoms. The van der Waals surface area contributed by atoms with E-state index in [2.05, 4.69) is 5.43 Å². The van der Waals surface area contributed by atoms with E-state index in [9.17, 15) is 13.2 Å². The van der Waals surface area contributed by atoms with Crippen LogP contribution in [-0.4, -0.2) is 38.8 Å². The zero-order chi connectivity index (χ0) is 20.3. The molecular weight excluding hydrogens is 421 g/mol. The van der Waals surface area contributed by atoms with Gasteiger partial charge in [-0.2, -0.15) is 4.31 Å². The molecule has 0 bridgehead atoms. The fraction of sp³-hybridized carbons (Fsp3) is 0.316. The number of amides is 1. The van der Waals surface area contributed by atoms with Gasteiger partial charge >= 0.3 is 0 Å². The van der Waals surface area contributed by atoms with Crippen molar-refractivity contribution in [1.82, 2.24) is 9.73 Å². The minimum absolute atomic E-state index is 0.00613. The summed E-state index contributed by atoms with van der Waals surface area (Å²) < 4.78 is 27.1. The molecule has 1 N–H and O–H groups in total. The van der Waals surface area contributed by atoms with Crippen LogP contribution in [0, 0.1) is 5.92 Å². The van der Waals surface area contributed by atoms with Gasteiger partial charge in [0.15, 0.2) is 0 Å². The fourth-order valence-corrected chi connectivity index (χ4v) is 5.35. The maximum absolute atomic E-state index is 12.9. The number of halogens is 2. The second kappa shape index (κ2) is 8.69. The highest BCUT2D eigenvalue weighted by molar-refractivity contribution is 7.89. The fourth-order valence-electron chi connectivity index (χ4n) is 3.15. The monoisotopic (exact) mass is 441 g/mol. The van der Waals surface area contributed by atoms with E-state index in [1.165, 1.54) is 16.4 Å². The summed E-state index contributed by atoms with van der Waals surface area (Å²) in [6, 6.07) is 13.8. The largest absolute Gasteiger partial charge is 0.289 e. The van der Waals surface area contributed by atoms with Gasteiger partial charge in [0.1, 0.15) is 4.90 Å². The van der Waals surface area contributed by atoms with Gasteiger partial charge in [0.05, 0.1) is 10.7 Å². The number of carbonyl (C=O) groups is 1. The van der Waals surface area contributed by atoms with E-state index in [1.807, 2.05) is 30.3 Å². The van der Waals surface area contributed by atoms with Crippen molar-refractivity contribution in [3.63, 3.8) is 0 Å². The Morgan fingerprint density at radius 1 is 1.11 bits per heavy atom. The Hall–Kier alpha value is -1.80. The van der Waals surface area contributed by atoms with Gasteiger partial charge in [-0.25, -0.2) is 8.42 Å². The molecule has 0 radical (unpaired) electrons. The van der Waals surface area contributed by atoms with E-state index in [-0.39, 0.29) is 34.8 Å². The Morgan fingerprint density at radius 3 is 2.39 bits per heavy atom. The molecule has 150 valence electrons. The zero-order valence-electron chi connectivity index (χ0n) is 15.3. The van der Waals surface area contributed by atoms with E-state index in [0.717, 1.165) is 5.69 Å². The maximum atomic E-state index is 12.9. The average Bonchev–Trinajstić information content (AvgIpc) is 2.70. The number of rotatable bonds is 5. The molecule has 2 aromatic rings. The van der Waals surface area contributed by atoms with Crippen LogP contribution >= 0.6 is 23.2 Å². The number of nitrogens with one attached hydrogen (secondary N) is 1. The number of benzene rings is 2. The van der Waals surface area contributed by atoms with Gasteiger partial charge < -0.3 is 0 Å². The van der Waals surface area contributed by atoms with Gasteiger partial charge in [0.25, 0.3) is 0 Å². The summed E-state index contributed by atoms with van der Waals surface area (Å²) in [4.78, 5) is 12.5. The van der Waals surface area contributed by atoms with E-state index < -0.39 is 10.0 Å². The van der Waals surface area contributed by atoms with Crippen LogP contribution in [0.3, 0.4) is 0 Å². The Bertz CT molecular complexity index is 946. The molecular formula is C19H21Cl2N3O3S. The summed E-state index contributed by atoms with van der Waals surface area (Å²) in [5.41, 5.74) is 3.72. The molecule has 6 nitrogen and oxygen atoms in total. The van der Waals surface area contributed by atoms with Crippen LogP contribution in [0.4, 0.5) is 5.69 Å². The quantitative estimate of drug-likeness (QED) is 0.719. The van der Waals surface area contributed by atoms with Crippen molar-refractivity contribution >= 4 is 44.8 Å². The number of hydrogen-bond acceptors (Lipinski definition) is 4. The molecule has 0 unspecified atom stereocenters. The molecule has 0 saturated carbocycles. The molecule has 0 spiro atoms. The maximum Gasteiger partial charge on any atom is 0.244 e. The third-order valence-corrected chi connectivity index (χ3v) is 7.37. The number of para-hydroxylation sites is 1. The van der Waals surface area contributed by atoms with E-state index in [1.54, 1.807) is 18.1 Å². The van der Waals surface area contributed by atoms with Gasteiger partial charge in [0, 0.05) is 31.1 Å². The summed E-state index contributed by atoms with van der Waals surface area (Å²) in [5.74, 6) is -0.378. The van der Waals surface area contributed by atoms with Crippen LogP contribution in [0.1, 0.15) is 12.8 Å². The molecule has 0 aliphatic carbocycles. The molecule has 0 atom stereocenters. The number of hydrazine groups is 1. The lowest BCUT2D eigenvalue weighted by molar-refractivity contribution is -0.126. The second-order valence-electron chi connectivity index (χ2n) is 6.62. The number of sulfonamides is 1. The van der Waals surface area contributed by atoms with Crippen LogP contribution in [-0.2, 0) is 14.8 Å². The molecule has 3 rings (SSSR count).